The molecule has 0 radical (unpaired) electrons. The standard InChI is InChI=1S/C12H17N3O/c1-7(2)9-5-11(8(3)4)15(16)12(14)10(9)6-13/h5,7-8H,14H2,1-4H3. The van der Waals surface area contributed by atoms with E-state index in [0.29, 0.717) is 16.0 Å². The molecule has 1 aromatic heterocycles. The molecular weight excluding hydrogens is 202 g/mol. The monoisotopic (exact) mass is 219 g/mol. The molecule has 1 aromatic rings. The molecule has 0 saturated carbocycles. The van der Waals surface area contributed by atoms with Gasteiger partial charge in [0.1, 0.15) is 17.3 Å². The van der Waals surface area contributed by atoms with Crippen LogP contribution >= 0.6 is 0 Å². The van der Waals surface area contributed by atoms with Crippen molar-refractivity contribution in [3.8, 4) is 6.07 Å². The summed E-state index contributed by atoms with van der Waals surface area (Å²) >= 11 is 0. The van der Waals surface area contributed by atoms with E-state index in [1.54, 1.807) is 6.07 Å². The highest BCUT2D eigenvalue weighted by atomic mass is 16.5. The van der Waals surface area contributed by atoms with Gasteiger partial charge in [-0.2, -0.15) is 5.26 Å². The summed E-state index contributed by atoms with van der Waals surface area (Å²) in [4.78, 5) is 0. The van der Waals surface area contributed by atoms with Crippen LogP contribution in [-0.2, 0) is 0 Å². The molecule has 4 heteroatoms. The van der Waals surface area contributed by atoms with E-state index in [4.69, 9.17) is 11.0 Å². The third-order valence-electron chi connectivity index (χ3n) is 2.63. The van der Waals surface area contributed by atoms with Crippen LogP contribution in [0.1, 0.15) is 56.4 Å². The lowest BCUT2D eigenvalue weighted by Gasteiger charge is -2.18. The van der Waals surface area contributed by atoms with Gasteiger partial charge in [0, 0.05) is 5.92 Å². The van der Waals surface area contributed by atoms with Gasteiger partial charge in [-0.15, -0.1) is 0 Å². The molecule has 1 rings (SSSR count). The number of nitriles is 1. The molecule has 0 aliphatic carbocycles. The number of hydrogen-bond acceptors (Lipinski definition) is 3. The average Bonchev–Trinajstić information content (AvgIpc) is 2.20. The van der Waals surface area contributed by atoms with Crippen LogP contribution in [0, 0.1) is 16.5 Å². The van der Waals surface area contributed by atoms with E-state index in [9.17, 15) is 5.21 Å². The second-order valence-corrected chi connectivity index (χ2v) is 4.50. The normalized spacial score (nSPS) is 10.8. The van der Waals surface area contributed by atoms with Crippen molar-refractivity contribution in [2.75, 3.05) is 5.73 Å². The first-order valence-corrected chi connectivity index (χ1v) is 5.36. The Kier molecular flexibility index (Phi) is 3.38. The first-order valence-electron chi connectivity index (χ1n) is 5.36. The molecule has 0 aromatic carbocycles. The molecule has 1 heterocycles. The molecule has 0 aliphatic rings. The first kappa shape index (κ1) is 12.3. The zero-order valence-electron chi connectivity index (χ0n) is 10.1. The van der Waals surface area contributed by atoms with E-state index < -0.39 is 0 Å². The fourth-order valence-corrected chi connectivity index (χ4v) is 1.66. The Morgan fingerprint density at radius 3 is 2.25 bits per heavy atom. The van der Waals surface area contributed by atoms with E-state index in [1.807, 2.05) is 33.8 Å². The van der Waals surface area contributed by atoms with Crippen molar-refractivity contribution in [3.05, 3.63) is 28.1 Å². The molecule has 0 unspecified atom stereocenters. The van der Waals surface area contributed by atoms with Crippen molar-refractivity contribution in [3.63, 3.8) is 0 Å². The highest BCUT2D eigenvalue weighted by molar-refractivity contribution is 5.51. The lowest BCUT2D eigenvalue weighted by atomic mass is 9.95. The molecule has 0 aliphatic heterocycles. The number of nitrogen functional groups attached to an aromatic ring is 1. The summed E-state index contributed by atoms with van der Waals surface area (Å²) in [6.07, 6.45) is 0. The van der Waals surface area contributed by atoms with Crippen molar-refractivity contribution >= 4 is 5.82 Å². The fourth-order valence-electron chi connectivity index (χ4n) is 1.66. The Morgan fingerprint density at radius 1 is 1.31 bits per heavy atom. The topological polar surface area (TPSA) is 76.8 Å². The predicted molar refractivity (Wildman–Crippen MR) is 62.7 cm³/mol. The minimum Gasteiger partial charge on any atom is -0.710 e. The maximum Gasteiger partial charge on any atom is 0.294 e. The predicted octanol–water partition coefficient (Wildman–Crippen LogP) is 2.02. The summed E-state index contributed by atoms with van der Waals surface area (Å²) in [5.41, 5.74) is 7.45. The molecular formula is C12H17N3O. The zero-order chi connectivity index (χ0) is 12.5. The molecule has 0 saturated heterocycles. The number of rotatable bonds is 2. The third kappa shape index (κ3) is 1.94. The Balaban J connectivity index is 3.57. The highest BCUT2D eigenvalue weighted by Crippen LogP contribution is 2.25. The van der Waals surface area contributed by atoms with E-state index in [-0.39, 0.29) is 17.7 Å². The van der Waals surface area contributed by atoms with Crippen molar-refractivity contribution in [1.82, 2.24) is 0 Å². The van der Waals surface area contributed by atoms with Crippen LogP contribution in [0.15, 0.2) is 6.07 Å². The van der Waals surface area contributed by atoms with Crippen LogP contribution in [0.2, 0.25) is 0 Å². The lowest BCUT2D eigenvalue weighted by Crippen LogP contribution is -2.37. The summed E-state index contributed by atoms with van der Waals surface area (Å²) < 4.78 is 0.662. The van der Waals surface area contributed by atoms with Gasteiger partial charge in [0.15, 0.2) is 0 Å². The van der Waals surface area contributed by atoms with Crippen molar-refractivity contribution in [1.29, 1.82) is 5.26 Å². The summed E-state index contributed by atoms with van der Waals surface area (Å²) in [5, 5.41) is 20.8. The average molecular weight is 219 g/mol. The molecule has 0 spiro atoms. The van der Waals surface area contributed by atoms with Gasteiger partial charge in [0.25, 0.3) is 5.82 Å². The van der Waals surface area contributed by atoms with Gasteiger partial charge in [-0.05, 0) is 17.5 Å². The molecule has 2 N–H and O–H groups in total. The number of hydrogen-bond donors (Lipinski definition) is 1. The van der Waals surface area contributed by atoms with Gasteiger partial charge >= 0.3 is 0 Å². The smallest absolute Gasteiger partial charge is 0.294 e. The maximum absolute atomic E-state index is 11.8. The number of pyridine rings is 1. The van der Waals surface area contributed by atoms with Gasteiger partial charge in [-0.25, -0.2) is 4.73 Å². The number of nitrogens with zero attached hydrogens (tertiary/aromatic N) is 2. The van der Waals surface area contributed by atoms with Crippen LogP contribution in [0.4, 0.5) is 5.82 Å². The fraction of sp³-hybridized carbons (Fsp3) is 0.500. The van der Waals surface area contributed by atoms with Crippen LogP contribution < -0.4 is 10.5 Å². The molecule has 0 amide bonds. The first-order chi connectivity index (χ1) is 7.40. The van der Waals surface area contributed by atoms with Gasteiger partial charge in [-0.3, -0.25) is 5.73 Å². The van der Waals surface area contributed by atoms with Gasteiger partial charge in [-0.1, -0.05) is 27.7 Å². The summed E-state index contributed by atoms with van der Waals surface area (Å²) in [6, 6.07) is 3.80. The molecule has 0 atom stereocenters. The second kappa shape index (κ2) is 4.40. The van der Waals surface area contributed by atoms with E-state index >= 15 is 0 Å². The molecule has 0 bridgehead atoms. The van der Waals surface area contributed by atoms with Gasteiger partial charge < -0.3 is 5.21 Å². The van der Waals surface area contributed by atoms with E-state index in [0.717, 1.165) is 5.56 Å². The quantitative estimate of drug-likeness (QED) is 0.610. The van der Waals surface area contributed by atoms with Crippen LogP contribution in [0.5, 0.6) is 0 Å². The molecule has 16 heavy (non-hydrogen) atoms. The maximum atomic E-state index is 11.8. The van der Waals surface area contributed by atoms with Gasteiger partial charge in [0.2, 0.25) is 0 Å². The Labute approximate surface area is 95.9 Å². The Hall–Kier alpha value is -1.76. The Bertz CT molecular complexity index is 445. The minimum atomic E-state index is 0.0115. The molecule has 86 valence electrons. The SMILES string of the molecule is CC(C)c1cc(C(C)C)[n+]([O-])c(N)c1C#N. The number of nitrogens with two attached hydrogens (primary N) is 1. The van der Waals surface area contributed by atoms with Crippen LogP contribution in [-0.4, -0.2) is 0 Å². The summed E-state index contributed by atoms with van der Waals surface area (Å²) in [7, 11) is 0. The lowest BCUT2D eigenvalue weighted by molar-refractivity contribution is -0.600. The second-order valence-electron chi connectivity index (χ2n) is 4.50. The zero-order valence-corrected chi connectivity index (χ0v) is 10.1. The van der Waals surface area contributed by atoms with E-state index in [1.165, 1.54) is 0 Å². The van der Waals surface area contributed by atoms with Crippen LogP contribution in [0.3, 0.4) is 0 Å². The number of aromatic nitrogens is 1. The highest BCUT2D eigenvalue weighted by Gasteiger charge is 2.20. The Morgan fingerprint density at radius 2 is 1.88 bits per heavy atom. The van der Waals surface area contributed by atoms with Crippen molar-refractivity contribution < 1.29 is 4.73 Å². The summed E-state index contributed by atoms with van der Waals surface area (Å²) in [6.45, 7) is 7.82. The third-order valence-corrected chi connectivity index (χ3v) is 2.63. The van der Waals surface area contributed by atoms with Crippen LogP contribution in [0.25, 0.3) is 0 Å². The van der Waals surface area contributed by atoms with Crippen molar-refractivity contribution in [2.24, 2.45) is 0 Å². The van der Waals surface area contributed by atoms with Gasteiger partial charge in [0.05, 0.1) is 0 Å². The van der Waals surface area contributed by atoms with E-state index in [2.05, 4.69) is 0 Å². The number of anilines is 1. The van der Waals surface area contributed by atoms with Crippen molar-refractivity contribution in [2.45, 2.75) is 39.5 Å². The molecule has 0 fully saturated rings. The minimum absolute atomic E-state index is 0.0115. The summed E-state index contributed by atoms with van der Waals surface area (Å²) in [5.74, 6) is 0.276. The molecule has 4 nitrogen and oxygen atoms in total. The largest absolute Gasteiger partial charge is 0.710 e.